The fourth-order valence-electron chi connectivity index (χ4n) is 2.83. The first-order valence-corrected chi connectivity index (χ1v) is 8.30. The van der Waals surface area contributed by atoms with Crippen LogP contribution in [-0.2, 0) is 19.6 Å². The first-order valence-electron chi connectivity index (χ1n) is 6.69. The van der Waals surface area contributed by atoms with Gasteiger partial charge in [0.1, 0.15) is 0 Å². The van der Waals surface area contributed by atoms with Crippen LogP contribution >= 0.6 is 0 Å². The number of fused-ring (bicyclic) bond motifs is 2. The van der Waals surface area contributed by atoms with Crippen LogP contribution in [0.25, 0.3) is 0 Å². The molecule has 0 aromatic heterocycles. The number of rotatable bonds is 4. The minimum Gasteiger partial charge on any atom is -0.371 e. The highest BCUT2D eigenvalue weighted by Crippen LogP contribution is 2.34. The SMILES string of the molecule is CCCS(=O)(=O)N1C[C@@H]2C[C@H](C(=O)N(C)C)[C@H](C1)O2. The van der Waals surface area contributed by atoms with Crippen molar-refractivity contribution in [1.29, 1.82) is 0 Å². The Morgan fingerprint density at radius 2 is 2.05 bits per heavy atom. The summed E-state index contributed by atoms with van der Waals surface area (Å²) in [7, 11) is 0.237. The fourth-order valence-corrected chi connectivity index (χ4v) is 4.37. The van der Waals surface area contributed by atoms with Gasteiger partial charge in [-0.05, 0) is 12.8 Å². The number of carbonyl (C=O) groups is 1. The molecule has 2 saturated heterocycles. The van der Waals surface area contributed by atoms with Crippen molar-refractivity contribution in [1.82, 2.24) is 9.21 Å². The average Bonchev–Trinajstić information content (AvgIpc) is 2.62. The number of hydrogen-bond acceptors (Lipinski definition) is 4. The number of nitrogens with zero attached hydrogens (tertiary/aromatic N) is 2. The Morgan fingerprint density at radius 1 is 1.37 bits per heavy atom. The van der Waals surface area contributed by atoms with Crippen molar-refractivity contribution < 1.29 is 17.9 Å². The second kappa shape index (κ2) is 5.38. The molecule has 0 aliphatic carbocycles. The summed E-state index contributed by atoms with van der Waals surface area (Å²) in [5.41, 5.74) is 0. The summed E-state index contributed by atoms with van der Waals surface area (Å²) < 4.78 is 31.4. The van der Waals surface area contributed by atoms with Gasteiger partial charge in [-0.25, -0.2) is 8.42 Å². The van der Waals surface area contributed by atoms with Gasteiger partial charge < -0.3 is 9.64 Å². The summed E-state index contributed by atoms with van der Waals surface area (Å²) in [6.45, 7) is 2.55. The quantitative estimate of drug-likeness (QED) is 0.725. The molecule has 2 bridgehead atoms. The highest BCUT2D eigenvalue weighted by Gasteiger charge is 2.47. The molecule has 0 aromatic carbocycles. The van der Waals surface area contributed by atoms with Crippen molar-refractivity contribution >= 4 is 15.9 Å². The van der Waals surface area contributed by atoms with Crippen LogP contribution in [0, 0.1) is 5.92 Å². The number of carbonyl (C=O) groups excluding carboxylic acids is 1. The zero-order valence-electron chi connectivity index (χ0n) is 11.7. The lowest BCUT2D eigenvalue weighted by Crippen LogP contribution is -2.48. The minimum absolute atomic E-state index is 0.0299. The summed E-state index contributed by atoms with van der Waals surface area (Å²) in [6.07, 6.45) is 0.800. The van der Waals surface area contributed by atoms with E-state index in [1.165, 1.54) is 4.31 Å². The van der Waals surface area contributed by atoms with Crippen LogP contribution in [0.3, 0.4) is 0 Å². The molecule has 0 spiro atoms. The summed E-state index contributed by atoms with van der Waals surface area (Å²) in [6, 6.07) is 0. The largest absolute Gasteiger partial charge is 0.371 e. The number of hydrogen-bond donors (Lipinski definition) is 0. The first-order chi connectivity index (χ1) is 8.85. The second-order valence-corrected chi connectivity index (χ2v) is 7.59. The second-order valence-electron chi connectivity index (χ2n) is 5.50. The van der Waals surface area contributed by atoms with Crippen LogP contribution in [0.15, 0.2) is 0 Å². The third kappa shape index (κ3) is 2.93. The van der Waals surface area contributed by atoms with E-state index in [9.17, 15) is 13.2 Å². The molecule has 0 saturated carbocycles. The molecule has 0 radical (unpaired) electrons. The van der Waals surface area contributed by atoms with E-state index in [0.717, 1.165) is 0 Å². The van der Waals surface area contributed by atoms with Gasteiger partial charge in [-0.1, -0.05) is 6.92 Å². The van der Waals surface area contributed by atoms with E-state index in [-0.39, 0.29) is 29.8 Å². The van der Waals surface area contributed by atoms with Crippen LogP contribution in [0.5, 0.6) is 0 Å². The van der Waals surface area contributed by atoms with E-state index in [4.69, 9.17) is 4.74 Å². The summed E-state index contributed by atoms with van der Waals surface area (Å²) in [5, 5.41) is 0. The van der Waals surface area contributed by atoms with E-state index in [2.05, 4.69) is 0 Å². The molecule has 2 aliphatic rings. The van der Waals surface area contributed by atoms with Gasteiger partial charge in [-0.2, -0.15) is 4.31 Å². The van der Waals surface area contributed by atoms with Crippen molar-refractivity contribution in [2.45, 2.75) is 32.0 Å². The van der Waals surface area contributed by atoms with Gasteiger partial charge in [-0.3, -0.25) is 4.79 Å². The molecule has 2 heterocycles. The topological polar surface area (TPSA) is 66.9 Å². The molecular weight excluding hydrogens is 268 g/mol. The van der Waals surface area contributed by atoms with Crippen LogP contribution < -0.4 is 0 Å². The lowest BCUT2D eigenvalue weighted by molar-refractivity contribution is -0.135. The van der Waals surface area contributed by atoms with Gasteiger partial charge in [0, 0.05) is 27.2 Å². The molecule has 0 aromatic rings. The van der Waals surface area contributed by atoms with E-state index < -0.39 is 10.0 Å². The molecule has 2 rings (SSSR count). The van der Waals surface area contributed by atoms with Crippen LogP contribution in [0.4, 0.5) is 0 Å². The van der Waals surface area contributed by atoms with Gasteiger partial charge in [0.2, 0.25) is 15.9 Å². The smallest absolute Gasteiger partial charge is 0.227 e. The third-order valence-corrected chi connectivity index (χ3v) is 5.75. The van der Waals surface area contributed by atoms with Crippen molar-refractivity contribution in [3.05, 3.63) is 0 Å². The number of morpholine rings is 1. The van der Waals surface area contributed by atoms with Crippen molar-refractivity contribution in [3.8, 4) is 0 Å². The molecule has 2 fully saturated rings. The maximum absolute atomic E-state index is 12.1. The molecule has 1 amide bonds. The van der Waals surface area contributed by atoms with Crippen LogP contribution in [0.2, 0.25) is 0 Å². The molecule has 2 aliphatic heterocycles. The Hall–Kier alpha value is -0.660. The predicted octanol–water partition coefficient (Wildman–Crippen LogP) is -0.0963. The standard InChI is InChI=1S/C12H22N2O4S/c1-4-5-19(16,17)14-7-9-6-10(11(8-14)18-9)12(15)13(2)3/h9-11H,4-8H2,1-3H3/t9-,10-,11-/m0/s1. The van der Waals surface area contributed by atoms with Crippen molar-refractivity contribution in [2.24, 2.45) is 5.92 Å². The minimum atomic E-state index is -3.20. The average molecular weight is 290 g/mol. The Kier molecular flexibility index (Phi) is 4.17. The Labute approximate surface area is 114 Å². The van der Waals surface area contributed by atoms with Crippen LogP contribution in [-0.4, -0.2) is 68.7 Å². The lowest BCUT2D eigenvalue weighted by Gasteiger charge is -2.32. The van der Waals surface area contributed by atoms with Gasteiger partial charge in [0.05, 0.1) is 23.9 Å². The van der Waals surface area contributed by atoms with Gasteiger partial charge in [-0.15, -0.1) is 0 Å². The van der Waals surface area contributed by atoms with Gasteiger partial charge >= 0.3 is 0 Å². The maximum Gasteiger partial charge on any atom is 0.227 e. The molecule has 110 valence electrons. The van der Waals surface area contributed by atoms with E-state index in [1.807, 2.05) is 6.92 Å². The molecule has 3 atom stereocenters. The monoisotopic (exact) mass is 290 g/mol. The molecular formula is C12H22N2O4S. The fraction of sp³-hybridized carbons (Fsp3) is 0.917. The highest BCUT2D eigenvalue weighted by atomic mass is 32.2. The Morgan fingerprint density at radius 3 is 2.63 bits per heavy atom. The molecule has 0 unspecified atom stereocenters. The van der Waals surface area contributed by atoms with E-state index >= 15 is 0 Å². The van der Waals surface area contributed by atoms with E-state index in [1.54, 1.807) is 19.0 Å². The zero-order chi connectivity index (χ0) is 14.2. The lowest BCUT2D eigenvalue weighted by atomic mass is 9.99. The summed E-state index contributed by atoms with van der Waals surface area (Å²) >= 11 is 0. The molecule has 19 heavy (non-hydrogen) atoms. The van der Waals surface area contributed by atoms with Gasteiger partial charge in [0.25, 0.3) is 0 Å². The van der Waals surface area contributed by atoms with Crippen molar-refractivity contribution in [2.75, 3.05) is 32.9 Å². The zero-order valence-corrected chi connectivity index (χ0v) is 12.5. The van der Waals surface area contributed by atoms with Crippen molar-refractivity contribution in [3.63, 3.8) is 0 Å². The van der Waals surface area contributed by atoms with Crippen LogP contribution in [0.1, 0.15) is 19.8 Å². The molecule has 6 nitrogen and oxygen atoms in total. The highest BCUT2D eigenvalue weighted by molar-refractivity contribution is 7.89. The Bertz CT molecular complexity index is 449. The third-order valence-electron chi connectivity index (χ3n) is 3.74. The first kappa shape index (κ1) is 14.7. The summed E-state index contributed by atoms with van der Waals surface area (Å²) in [5.74, 6) is -0.0114. The molecule has 7 heteroatoms. The molecule has 0 N–H and O–H groups in total. The maximum atomic E-state index is 12.1. The van der Waals surface area contributed by atoms with Gasteiger partial charge in [0.15, 0.2) is 0 Å². The number of amides is 1. The normalized spacial score (nSPS) is 31.4. The number of ether oxygens (including phenoxy) is 1. The Balaban J connectivity index is 2.09. The predicted molar refractivity (Wildman–Crippen MR) is 71.1 cm³/mol. The van der Waals surface area contributed by atoms with E-state index in [0.29, 0.717) is 25.9 Å². The number of sulfonamides is 1. The summed E-state index contributed by atoms with van der Waals surface area (Å²) in [4.78, 5) is 13.6.